The van der Waals surface area contributed by atoms with Crippen molar-refractivity contribution < 1.29 is 4.43 Å². The van der Waals surface area contributed by atoms with E-state index in [-0.39, 0.29) is 0 Å². The van der Waals surface area contributed by atoms with Crippen molar-refractivity contribution in [2.24, 2.45) is 11.3 Å². The molecular weight excluding hydrogens is 260 g/mol. The van der Waals surface area contributed by atoms with Crippen LogP contribution in [0, 0.1) is 11.3 Å². The van der Waals surface area contributed by atoms with Crippen molar-refractivity contribution in [3.8, 4) is 0 Å². The lowest BCUT2D eigenvalue weighted by Crippen LogP contribution is -2.20. The van der Waals surface area contributed by atoms with Crippen molar-refractivity contribution in [3.05, 3.63) is 11.8 Å². The van der Waals surface area contributed by atoms with Gasteiger partial charge in [0.15, 0.2) is 0 Å². The summed E-state index contributed by atoms with van der Waals surface area (Å²) in [7, 11) is -0.634. The summed E-state index contributed by atoms with van der Waals surface area (Å²) in [5.74, 6) is 1.96. The molecule has 1 aliphatic rings. The van der Waals surface area contributed by atoms with Crippen LogP contribution in [0.5, 0.6) is 0 Å². The third-order valence-electron chi connectivity index (χ3n) is 4.27. The molecule has 0 spiro atoms. The van der Waals surface area contributed by atoms with E-state index in [0.717, 1.165) is 6.42 Å². The van der Waals surface area contributed by atoms with Gasteiger partial charge in [-0.3, -0.25) is 0 Å². The third-order valence-corrected chi connectivity index (χ3v) is 4.94. The second-order valence-corrected chi connectivity index (χ2v) is 9.65. The Hall–Kier alpha value is -0.243. The highest BCUT2D eigenvalue weighted by molar-refractivity contribution is 6.48. The van der Waals surface area contributed by atoms with E-state index in [9.17, 15) is 0 Å². The minimum absolute atomic E-state index is 0.354. The Morgan fingerprint density at radius 2 is 1.50 bits per heavy atom. The molecule has 0 heterocycles. The monoisotopic (exact) mass is 295 g/mol. The van der Waals surface area contributed by atoms with Crippen LogP contribution in [-0.2, 0) is 4.43 Å². The molecule has 0 amide bonds. The predicted octanol–water partition coefficient (Wildman–Crippen LogP) is 6.32. The lowest BCUT2D eigenvalue weighted by atomic mass is 9.77. The molecule has 0 fully saturated rings. The summed E-state index contributed by atoms with van der Waals surface area (Å²) < 4.78 is 6.18. The summed E-state index contributed by atoms with van der Waals surface area (Å²) in [5.41, 5.74) is 0.354. The van der Waals surface area contributed by atoms with Gasteiger partial charge in [-0.2, -0.15) is 0 Å². The number of allylic oxidation sites excluding steroid dienone is 2. The Kier molecular flexibility index (Phi) is 7.94. The van der Waals surface area contributed by atoms with Crippen molar-refractivity contribution in [3.63, 3.8) is 0 Å². The Morgan fingerprint density at radius 3 is 2.05 bits per heavy atom. The normalized spacial score (nSPS) is 26.3. The van der Waals surface area contributed by atoms with Crippen molar-refractivity contribution in [2.75, 3.05) is 0 Å². The van der Waals surface area contributed by atoms with Gasteiger partial charge in [-0.15, -0.1) is 0 Å². The molecule has 1 unspecified atom stereocenters. The van der Waals surface area contributed by atoms with Gasteiger partial charge in [0.1, 0.15) is 0 Å². The van der Waals surface area contributed by atoms with Crippen LogP contribution >= 0.6 is 0 Å². The second-order valence-electron chi connectivity index (χ2n) is 7.63. The maximum absolute atomic E-state index is 6.18. The van der Waals surface area contributed by atoms with E-state index in [1.165, 1.54) is 57.1 Å². The zero-order valence-corrected chi connectivity index (χ0v) is 15.4. The van der Waals surface area contributed by atoms with Gasteiger partial charge in [-0.05, 0) is 43.3 Å². The Balaban J connectivity index is 2.80. The molecule has 0 aliphatic heterocycles. The number of hydrogen-bond donors (Lipinski definition) is 0. The van der Waals surface area contributed by atoms with E-state index in [4.69, 9.17) is 4.43 Å². The van der Waals surface area contributed by atoms with Crippen LogP contribution in [-0.4, -0.2) is 9.04 Å². The molecule has 20 heavy (non-hydrogen) atoms. The molecule has 1 aliphatic carbocycles. The first-order chi connectivity index (χ1) is 9.39. The standard InChI is InChI=1S/C18H35OSi/c1-18(2,3)16-13-11-9-7-6-8-10-12-14-17(15-16)19-20(4)5/h15-16H,6-14H2,1-5H3/b17-15+. The van der Waals surface area contributed by atoms with Gasteiger partial charge in [0.05, 0.1) is 5.76 Å². The summed E-state index contributed by atoms with van der Waals surface area (Å²) in [5, 5.41) is 0. The summed E-state index contributed by atoms with van der Waals surface area (Å²) in [6.45, 7) is 11.6. The fourth-order valence-electron chi connectivity index (χ4n) is 2.97. The molecule has 1 atom stereocenters. The third kappa shape index (κ3) is 7.52. The van der Waals surface area contributed by atoms with Gasteiger partial charge in [0.2, 0.25) is 0 Å². The Labute approximate surface area is 128 Å². The molecule has 1 radical (unpaired) electrons. The fourth-order valence-corrected chi connectivity index (χ4v) is 3.66. The fraction of sp³-hybridized carbons (Fsp3) is 0.889. The Morgan fingerprint density at radius 1 is 0.950 bits per heavy atom. The topological polar surface area (TPSA) is 9.23 Å². The second kappa shape index (κ2) is 8.91. The van der Waals surface area contributed by atoms with Crippen LogP contribution in [0.15, 0.2) is 11.8 Å². The van der Waals surface area contributed by atoms with Crippen molar-refractivity contribution in [2.45, 2.75) is 91.7 Å². The smallest absolute Gasteiger partial charge is 0.273 e. The highest BCUT2D eigenvalue weighted by atomic mass is 28.3. The molecule has 0 bridgehead atoms. The highest BCUT2D eigenvalue weighted by Crippen LogP contribution is 2.34. The average molecular weight is 296 g/mol. The van der Waals surface area contributed by atoms with Gasteiger partial charge in [0.25, 0.3) is 9.04 Å². The SMILES string of the molecule is C[Si](C)O/C1=C/C(C(C)(C)C)CCCCCCCCC1. The maximum atomic E-state index is 6.18. The average Bonchev–Trinajstić information content (AvgIpc) is 2.30. The molecule has 0 aromatic heterocycles. The maximum Gasteiger partial charge on any atom is 0.273 e. The quantitative estimate of drug-likeness (QED) is 0.541. The van der Waals surface area contributed by atoms with Gasteiger partial charge >= 0.3 is 0 Å². The lowest BCUT2D eigenvalue weighted by molar-refractivity contribution is 0.260. The van der Waals surface area contributed by atoms with Crippen LogP contribution in [0.3, 0.4) is 0 Å². The first-order valence-corrected chi connectivity index (χ1v) is 11.0. The highest BCUT2D eigenvalue weighted by Gasteiger charge is 2.23. The van der Waals surface area contributed by atoms with Gasteiger partial charge in [-0.25, -0.2) is 0 Å². The zero-order valence-electron chi connectivity index (χ0n) is 14.4. The molecule has 0 aromatic rings. The Bertz CT molecular complexity index is 288. The summed E-state index contributed by atoms with van der Waals surface area (Å²) in [4.78, 5) is 0. The molecule has 117 valence electrons. The number of rotatable bonds is 2. The van der Waals surface area contributed by atoms with E-state index < -0.39 is 9.04 Å². The lowest BCUT2D eigenvalue weighted by Gasteiger charge is -2.30. The first kappa shape index (κ1) is 17.8. The molecular formula is C18H35OSi. The van der Waals surface area contributed by atoms with Crippen molar-refractivity contribution in [1.82, 2.24) is 0 Å². The van der Waals surface area contributed by atoms with E-state index in [2.05, 4.69) is 39.9 Å². The van der Waals surface area contributed by atoms with Gasteiger partial charge < -0.3 is 4.43 Å². The first-order valence-electron chi connectivity index (χ1n) is 8.58. The van der Waals surface area contributed by atoms with Crippen LogP contribution in [0.2, 0.25) is 13.1 Å². The predicted molar refractivity (Wildman–Crippen MR) is 91.1 cm³/mol. The molecule has 1 rings (SSSR count). The van der Waals surface area contributed by atoms with Crippen molar-refractivity contribution >= 4 is 9.04 Å². The van der Waals surface area contributed by atoms with Crippen LogP contribution in [0.4, 0.5) is 0 Å². The van der Waals surface area contributed by atoms with Crippen molar-refractivity contribution in [1.29, 1.82) is 0 Å². The van der Waals surface area contributed by atoms with E-state index in [1.54, 1.807) is 0 Å². The van der Waals surface area contributed by atoms with Crippen LogP contribution in [0.25, 0.3) is 0 Å². The summed E-state index contributed by atoms with van der Waals surface area (Å²) in [6, 6.07) is 0. The molecule has 2 heteroatoms. The molecule has 0 aromatic carbocycles. The molecule has 0 saturated carbocycles. The minimum atomic E-state index is -0.634. The molecule has 0 N–H and O–H groups in total. The zero-order chi connectivity index (χ0) is 15.0. The molecule has 1 nitrogen and oxygen atoms in total. The van der Waals surface area contributed by atoms with E-state index in [1.807, 2.05) is 0 Å². The van der Waals surface area contributed by atoms with Gasteiger partial charge in [-0.1, -0.05) is 59.3 Å². The number of hydrogen-bond acceptors (Lipinski definition) is 1. The van der Waals surface area contributed by atoms with E-state index >= 15 is 0 Å². The summed E-state index contributed by atoms with van der Waals surface area (Å²) >= 11 is 0. The van der Waals surface area contributed by atoms with Gasteiger partial charge in [0, 0.05) is 6.42 Å². The molecule has 0 saturated heterocycles. The summed E-state index contributed by atoms with van der Waals surface area (Å²) in [6.07, 6.45) is 14.7. The largest absolute Gasteiger partial charge is 0.546 e. The van der Waals surface area contributed by atoms with Crippen LogP contribution < -0.4 is 0 Å². The van der Waals surface area contributed by atoms with E-state index in [0.29, 0.717) is 11.3 Å². The minimum Gasteiger partial charge on any atom is -0.546 e. The van der Waals surface area contributed by atoms with Crippen LogP contribution in [0.1, 0.15) is 78.6 Å².